The first-order valence-corrected chi connectivity index (χ1v) is 15.4. The van der Waals surface area contributed by atoms with Crippen molar-refractivity contribution in [1.29, 1.82) is 0 Å². The van der Waals surface area contributed by atoms with Gasteiger partial charge in [-0.15, -0.1) is 0 Å². The standard InChI is InChI=1S/C30H36Cl2F3N7O/c1-2-3-24-18-41(28-25(32)16-21(17-38-28)27-36-10-11-37-27)14-15-42(24)23-8-12-40(13-9-23)26(20-4-6-22(31)7-5-20)29(43)39-19-30(33,34)35/h4-7,10-11,16-17,23-24,26H,2-3,8-9,12-15,18-19H2,1H3,(H,36,37)(H,39,43)/t24-,26-/m0/s1. The normalized spacial score (nSPS) is 19.9. The van der Waals surface area contributed by atoms with Crippen LogP contribution in [0.15, 0.2) is 48.9 Å². The summed E-state index contributed by atoms with van der Waals surface area (Å²) in [4.78, 5) is 31.9. The number of halogens is 5. The quantitative estimate of drug-likeness (QED) is 0.302. The van der Waals surface area contributed by atoms with Crippen LogP contribution in [0, 0.1) is 0 Å². The molecule has 0 unspecified atom stereocenters. The Hall–Kier alpha value is -2.86. The van der Waals surface area contributed by atoms with Crippen LogP contribution in [-0.4, -0.2) is 88.2 Å². The number of carbonyl (C=O) groups excluding carboxylic acids is 1. The number of anilines is 1. The van der Waals surface area contributed by atoms with Crippen molar-refractivity contribution in [3.05, 3.63) is 64.5 Å². The smallest absolute Gasteiger partial charge is 0.353 e. The number of nitrogens with one attached hydrogen (secondary N) is 2. The van der Waals surface area contributed by atoms with Gasteiger partial charge in [0.1, 0.15) is 24.2 Å². The van der Waals surface area contributed by atoms with Gasteiger partial charge < -0.3 is 15.2 Å². The molecule has 0 saturated carbocycles. The highest BCUT2D eigenvalue weighted by molar-refractivity contribution is 6.33. The second kappa shape index (κ2) is 13.8. The number of benzene rings is 1. The van der Waals surface area contributed by atoms with Crippen LogP contribution < -0.4 is 10.2 Å². The monoisotopic (exact) mass is 637 g/mol. The van der Waals surface area contributed by atoms with Crippen LogP contribution in [0.2, 0.25) is 10.0 Å². The Kier molecular flexibility index (Phi) is 10.2. The summed E-state index contributed by atoms with van der Waals surface area (Å²) in [5.41, 5.74) is 1.46. The van der Waals surface area contributed by atoms with Crippen molar-refractivity contribution < 1.29 is 18.0 Å². The second-order valence-corrected chi connectivity index (χ2v) is 12.0. The number of likely N-dealkylation sites (tertiary alicyclic amines) is 1. The van der Waals surface area contributed by atoms with E-state index in [1.165, 1.54) is 0 Å². The number of pyridine rings is 1. The third-order valence-electron chi connectivity index (χ3n) is 8.27. The number of piperazine rings is 1. The lowest BCUT2D eigenvalue weighted by atomic mass is 9.95. The van der Waals surface area contributed by atoms with Crippen LogP contribution in [0.25, 0.3) is 11.4 Å². The van der Waals surface area contributed by atoms with E-state index in [1.807, 2.05) is 11.0 Å². The molecule has 2 aromatic heterocycles. The third kappa shape index (κ3) is 7.81. The van der Waals surface area contributed by atoms with Crippen molar-refractivity contribution >= 4 is 34.9 Å². The molecule has 2 fully saturated rings. The van der Waals surface area contributed by atoms with Crippen molar-refractivity contribution in [3.8, 4) is 11.4 Å². The molecule has 2 aliphatic heterocycles. The van der Waals surface area contributed by atoms with Crippen LogP contribution in [0.4, 0.5) is 19.0 Å². The highest BCUT2D eigenvalue weighted by atomic mass is 35.5. The molecule has 0 bridgehead atoms. The summed E-state index contributed by atoms with van der Waals surface area (Å²) < 4.78 is 38.7. The van der Waals surface area contributed by atoms with Crippen LogP contribution in [0.1, 0.15) is 44.2 Å². The van der Waals surface area contributed by atoms with Gasteiger partial charge in [0, 0.05) is 74.0 Å². The molecule has 3 aromatic rings. The van der Waals surface area contributed by atoms with Crippen LogP contribution in [0.3, 0.4) is 0 Å². The summed E-state index contributed by atoms with van der Waals surface area (Å²) >= 11 is 12.7. The van der Waals surface area contributed by atoms with Crippen molar-refractivity contribution in [2.45, 2.75) is 56.9 Å². The van der Waals surface area contributed by atoms with E-state index in [1.54, 1.807) is 42.9 Å². The molecule has 2 atom stereocenters. The molecule has 5 rings (SSSR count). The van der Waals surface area contributed by atoms with E-state index in [-0.39, 0.29) is 0 Å². The lowest BCUT2D eigenvalue weighted by Gasteiger charge is -2.48. The van der Waals surface area contributed by atoms with Crippen LogP contribution in [0.5, 0.6) is 0 Å². The molecule has 0 aliphatic carbocycles. The Labute approximate surface area is 259 Å². The number of aromatic nitrogens is 3. The predicted octanol–water partition coefficient (Wildman–Crippen LogP) is 5.95. The summed E-state index contributed by atoms with van der Waals surface area (Å²) in [7, 11) is 0. The molecule has 1 aromatic carbocycles. The molecule has 4 heterocycles. The van der Waals surface area contributed by atoms with E-state index in [9.17, 15) is 18.0 Å². The lowest BCUT2D eigenvalue weighted by molar-refractivity contribution is -0.142. The molecule has 2 saturated heterocycles. The molecule has 8 nitrogen and oxygen atoms in total. The topological polar surface area (TPSA) is 80.4 Å². The van der Waals surface area contributed by atoms with Gasteiger partial charge in [0.15, 0.2) is 0 Å². The van der Waals surface area contributed by atoms with Gasteiger partial charge in [-0.25, -0.2) is 9.97 Å². The SMILES string of the molecule is CCC[C@H]1CN(c2ncc(-c3ncc[nH]3)cc2Cl)CCN1C1CCN([C@H](C(=O)NCC(F)(F)F)c2ccc(Cl)cc2)CC1. The molecular weight excluding hydrogens is 602 g/mol. The maximum Gasteiger partial charge on any atom is 0.405 e. The fraction of sp³-hybridized carbons (Fsp3) is 0.500. The average molecular weight is 639 g/mol. The van der Waals surface area contributed by atoms with Crippen molar-refractivity contribution in [1.82, 2.24) is 30.1 Å². The molecule has 1 amide bonds. The van der Waals surface area contributed by atoms with Crippen molar-refractivity contribution in [3.63, 3.8) is 0 Å². The molecule has 0 radical (unpaired) electrons. The fourth-order valence-electron chi connectivity index (χ4n) is 6.28. The van der Waals surface area contributed by atoms with Crippen molar-refractivity contribution in [2.24, 2.45) is 0 Å². The van der Waals surface area contributed by atoms with Gasteiger partial charge in [-0.05, 0) is 43.0 Å². The minimum atomic E-state index is -4.48. The zero-order valence-electron chi connectivity index (χ0n) is 24.0. The number of imidazole rings is 1. The highest BCUT2D eigenvalue weighted by Crippen LogP contribution is 2.33. The van der Waals surface area contributed by atoms with Gasteiger partial charge >= 0.3 is 6.18 Å². The number of rotatable bonds is 9. The van der Waals surface area contributed by atoms with E-state index in [4.69, 9.17) is 28.2 Å². The van der Waals surface area contributed by atoms with Crippen LogP contribution in [-0.2, 0) is 4.79 Å². The Morgan fingerprint density at radius 1 is 1.12 bits per heavy atom. The Morgan fingerprint density at radius 3 is 2.49 bits per heavy atom. The van der Waals surface area contributed by atoms with E-state index in [0.29, 0.717) is 40.8 Å². The average Bonchev–Trinajstić information content (AvgIpc) is 3.53. The second-order valence-electron chi connectivity index (χ2n) is 11.1. The summed E-state index contributed by atoms with van der Waals surface area (Å²) in [6.07, 6.45) is 4.44. The number of amides is 1. The van der Waals surface area contributed by atoms with E-state index in [0.717, 1.165) is 62.5 Å². The number of alkyl halides is 3. The number of hydrogen-bond acceptors (Lipinski definition) is 6. The van der Waals surface area contributed by atoms with Crippen LogP contribution >= 0.6 is 23.2 Å². The minimum absolute atomic E-state index is 0.306. The van der Waals surface area contributed by atoms with Gasteiger partial charge in [-0.2, -0.15) is 13.2 Å². The molecule has 232 valence electrons. The van der Waals surface area contributed by atoms with Gasteiger partial charge in [-0.1, -0.05) is 48.7 Å². The molecule has 13 heteroatoms. The molecule has 43 heavy (non-hydrogen) atoms. The first-order valence-electron chi connectivity index (χ1n) is 14.6. The maximum absolute atomic E-state index is 13.1. The third-order valence-corrected chi connectivity index (χ3v) is 8.80. The van der Waals surface area contributed by atoms with Crippen molar-refractivity contribution in [2.75, 3.05) is 44.2 Å². The summed E-state index contributed by atoms with van der Waals surface area (Å²) in [6.45, 7) is 4.43. The molecular formula is C30H36Cl2F3N7O. The van der Waals surface area contributed by atoms with Gasteiger partial charge in [-0.3, -0.25) is 14.6 Å². The van der Waals surface area contributed by atoms with E-state index >= 15 is 0 Å². The first-order chi connectivity index (χ1) is 20.6. The van der Waals surface area contributed by atoms with E-state index in [2.05, 4.69) is 32.0 Å². The zero-order chi connectivity index (χ0) is 30.6. The molecule has 0 spiro atoms. The molecule has 2 N–H and O–H groups in total. The lowest BCUT2D eigenvalue weighted by Crippen LogP contribution is -2.59. The summed E-state index contributed by atoms with van der Waals surface area (Å²) in [5, 5.41) is 3.18. The molecule has 2 aliphatic rings. The largest absolute Gasteiger partial charge is 0.405 e. The Morgan fingerprint density at radius 2 is 1.86 bits per heavy atom. The van der Waals surface area contributed by atoms with Gasteiger partial charge in [0.05, 0.1) is 5.02 Å². The minimum Gasteiger partial charge on any atom is -0.353 e. The number of H-pyrrole nitrogens is 1. The number of aromatic amines is 1. The van der Waals surface area contributed by atoms with Gasteiger partial charge in [0.2, 0.25) is 5.91 Å². The number of carbonyl (C=O) groups is 1. The summed E-state index contributed by atoms with van der Waals surface area (Å²) in [5.74, 6) is 0.832. The summed E-state index contributed by atoms with van der Waals surface area (Å²) in [6, 6.07) is 8.43. The van der Waals surface area contributed by atoms with Gasteiger partial charge in [0.25, 0.3) is 0 Å². The Bertz CT molecular complexity index is 1350. The fourth-order valence-corrected chi connectivity index (χ4v) is 6.69. The predicted molar refractivity (Wildman–Crippen MR) is 162 cm³/mol. The number of hydrogen-bond donors (Lipinski definition) is 2. The number of nitrogens with zero attached hydrogens (tertiary/aromatic N) is 5. The first kappa shape index (κ1) is 31.6. The van der Waals surface area contributed by atoms with E-state index < -0.39 is 24.7 Å². The number of piperidine rings is 1. The maximum atomic E-state index is 13.1. The zero-order valence-corrected chi connectivity index (χ0v) is 25.5. The Balaban J connectivity index is 1.25. The highest BCUT2D eigenvalue weighted by Gasteiger charge is 2.38.